The summed E-state index contributed by atoms with van der Waals surface area (Å²) in [6, 6.07) is 0. The van der Waals surface area contributed by atoms with Crippen LogP contribution in [0, 0.1) is 0 Å². The first kappa shape index (κ1) is 8.81. The Bertz CT molecular complexity index is 107. The molecule has 0 fully saturated rings. The largest absolute Gasteiger partial charge is 0.465 e. The molecule has 0 rings (SSSR count). The summed E-state index contributed by atoms with van der Waals surface area (Å²) >= 11 is 10.2. The third-order valence-electron chi connectivity index (χ3n) is 0.634. The fraction of sp³-hybridized carbons (Fsp3) is 0.667. The van der Waals surface area contributed by atoms with Gasteiger partial charge in [-0.05, 0) is 0 Å². The Morgan fingerprint density at radius 2 is 2.11 bits per heavy atom. The van der Waals surface area contributed by atoms with Crippen LogP contribution in [0.1, 0.15) is 0 Å². The molecule has 0 radical (unpaired) electrons. The molecule has 2 N–H and O–H groups in total. The van der Waals surface area contributed by atoms with Crippen molar-refractivity contribution in [2.75, 3.05) is 6.73 Å². The van der Waals surface area contributed by atoms with Crippen molar-refractivity contribution in [3.05, 3.63) is 0 Å². The summed E-state index contributed by atoms with van der Waals surface area (Å²) in [5.74, 6) is 0. The summed E-state index contributed by atoms with van der Waals surface area (Å²) in [6.45, 7) is -0.701. The molecule has 0 spiro atoms. The SMILES string of the molecule is O=C(O)N(CO)C(Cl)Cl. The molecule has 0 aliphatic carbocycles. The number of hydrogen-bond acceptors (Lipinski definition) is 2. The van der Waals surface area contributed by atoms with E-state index in [9.17, 15) is 4.79 Å². The van der Waals surface area contributed by atoms with Gasteiger partial charge in [-0.2, -0.15) is 0 Å². The lowest BCUT2D eigenvalue weighted by atomic mass is 10.9. The monoisotopic (exact) mass is 173 g/mol. The van der Waals surface area contributed by atoms with Crippen LogP contribution in [0.2, 0.25) is 0 Å². The second kappa shape index (κ2) is 3.76. The van der Waals surface area contributed by atoms with Crippen LogP contribution in [0.4, 0.5) is 4.79 Å². The Morgan fingerprint density at radius 1 is 1.67 bits per heavy atom. The number of amides is 1. The summed E-state index contributed by atoms with van der Waals surface area (Å²) in [4.78, 5) is 9.22. The molecule has 1 amide bonds. The molecule has 6 heteroatoms. The fourth-order valence-corrected chi connectivity index (χ4v) is 0.496. The maximum absolute atomic E-state index is 9.97. The second-order valence-corrected chi connectivity index (χ2v) is 2.22. The van der Waals surface area contributed by atoms with E-state index in [4.69, 9.17) is 33.4 Å². The zero-order valence-corrected chi connectivity index (χ0v) is 5.80. The van der Waals surface area contributed by atoms with Gasteiger partial charge in [0.25, 0.3) is 0 Å². The van der Waals surface area contributed by atoms with E-state index < -0.39 is 17.8 Å². The molecule has 0 unspecified atom stereocenters. The van der Waals surface area contributed by atoms with Crippen molar-refractivity contribution in [2.45, 2.75) is 4.96 Å². The minimum atomic E-state index is -1.35. The zero-order valence-electron chi connectivity index (χ0n) is 4.29. The molecule has 0 saturated carbocycles. The summed E-state index contributed by atoms with van der Waals surface area (Å²) in [5.41, 5.74) is 0. The van der Waals surface area contributed by atoms with Gasteiger partial charge in [0.1, 0.15) is 6.73 Å². The van der Waals surface area contributed by atoms with Gasteiger partial charge in [0, 0.05) is 0 Å². The van der Waals surface area contributed by atoms with E-state index in [0.29, 0.717) is 4.90 Å². The molecule has 9 heavy (non-hydrogen) atoms. The Hall–Kier alpha value is -0.190. The van der Waals surface area contributed by atoms with Gasteiger partial charge in [-0.1, -0.05) is 23.2 Å². The third-order valence-corrected chi connectivity index (χ3v) is 1.10. The Balaban J connectivity index is 3.83. The first-order valence-electron chi connectivity index (χ1n) is 1.98. The molecule has 0 bridgehead atoms. The van der Waals surface area contributed by atoms with E-state index in [1.54, 1.807) is 0 Å². The summed E-state index contributed by atoms with van der Waals surface area (Å²) in [7, 11) is 0. The molecule has 0 aromatic heterocycles. The van der Waals surface area contributed by atoms with E-state index in [0.717, 1.165) is 0 Å². The highest BCUT2D eigenvalue weighted by Crippen LogP contribution is 2.07. The van der Waals surface area contributed by atoms with Gasteiger partial charge < -0.3 is 10.2 Å². The average Bonchev–Trinajstić information content (AvgIpc) is 1.64. The standard InChI is InChI=1S/C3H5Cl2NO3/c4-2(5)6(1-7)3(8)9/h2,7H,1H2,(H,8,9). The molecule has 0 aliphatic rings. The third kappa shape index (κ3) is 2.74. The van der Waals surface area contributed by atoms with Gasteiger partial charge in [-0.3, -0.25) is 4.90 Å². The van der Waals surface area contributed by atoms with Crippen LogP contribution < -0.4 is 0 Å². The Morgan fingerprint density at radius 3 is 2.11 bits per heavy atom. The van der Waals surface area contributed by atoms with E-state index in [2.05, 4.69) is 0 Å². The first-order chi connectivity index (χ1) is 4.09. The number of alkyl halides is 2. The number of hydrogen-bond donors (Lipinski definition) is 2. The summed E-state index contributed by atoms with van der Waals surface area (Å²) < 4.78 is 0. The number of halogens is 2. The normalized spacial score (nSPS) is 9.78. The molecule has 0 aromatic rings. The number of nitrogens with zero attached hydrogens (tertiary/aromatic N) is 1. The molecule has 4 nitrogen and oxygen atoms in total. The van der Waals surface area contributed by atoms with Gasteiger partial charge in [-0.25, -0.2) is 4.79 Å². The lowest BCUT2D eigenvalue weighted by Crippen LogP contribution is -2.33. The number of aliphatic hydroxyl groups is 1. The summed E-state index contributed by atoms with van der Waals surface area (Å²) in [6.07, 6.45) is -1.35. The van der Waals surface area contributed by atoms with E-state index >= 15 is 0 Å². The second-order valence-electron chi connectivity index (χ2n) is 1.17. The molecule has 0 aromatic carbocycles. The maximum atomic E-state index is 9.97. The summed E-state index contributed by atoms with van der Waals surface area (Å²) in [5, 5.41) is 16.4. The van der Waals surface area contributed by atoms with E-state index in [1.807, 2.05) is 0 Å². The molecule has 0 saturated heterocycles. The minimum absolute atomic E-state index is 0.461. The number of carbonyl (C=O) groups is 1. The Kier molecular flexibility index (Phi) is 3.68. The molecular weight excluding hydrogens is 169 g/mol. The van der Waals surface area contributed by atoms with Gasteiger partial charge in [-0.15, -0.1) is 0 Å². The molecule has 0 aliphatic heterocycles. The molecule has 0 atom stereocenters. The predicted octanol–water partition coefficient (Wildman–Crippen LogP) is 0.677. The van der Waals surface area contributed by atoms with Crippen LogP contribution in [0.5, 0.6) is 0 Å². The maximum Gasteiger partial charge on any atom is 0.411 e. The van der Waals surface area contributed by atoms with Crippen molar-refractivity contribution in [3.8, 4) is 0 Å². The molecule has 0 heterocycles. The minimum Gasteiger partial charge on any atom is -0.465 e. The van der Waals surface area contributed by atoms with Gasteiger partial charge in [0.2, 0.25) is 0 Å². The molecule has 54 valence electrons. The van der Waals surface area contributed by atoms with Crippen LogP contribution in [-0.2, 0) is 0 Å². The van der Waals surface area contributed by atoms with Crippen LogP contribution >= 0.6 is 23.2 Å². The smallest absolute Gasteiger partial charge is 0.411 e. The fourth-order valence-electron chi connectivity index (χ4n) is 0.206. The van der Waals surface area contributed by atoms with Crippen LogP contribution in [0.3, 0.4) is 0 Å². The quantitative estimate of drug-likeness (QED) is 0.367. The van der Waals surface area contributed by atoms with Crippen LogP contribution in [-0.4, -0.2) is 32.9 Å². The Labute approximate surface area is 61.6 Å². The van der Waals surface area contributed by atoms with Crippen LogP contribution in [0.25, 0.3) is 0 Å². The van der Waals surface area contributed by atoms with Crippen molar-refractivity contribution < 1.29 is 15.0 Å². The lowest BCUT2D eigenvalue weighted by molar-refractivity contribution is 0.0939. The number of carboxylic acid groups (broad SMARTS) is 1. The highest BCUT2D eigenvalue weighted by Gasteiger charge is 2.16. The number of rotatable bonds is 2. The van der Waals surface area contributed by atoms with E-state index in [1.165, 1.54) is 0 Å². The van der Waals surface area contributed by atoms with Crippen molar-refractivity contribution in [1.82, 2.24) is 4.90 Å². The lowest BCUT2D eigenvalue weighted by Gasteiger charge is -2.15. The first-order valence-corrected chi connectivity index (χ1v) is 2.85. The van der Waals surface area contributed by atoms with Gasteiger partial charge in [0.15, 0.2) is 4.96 Å². The van der Waals surface area contributed by atoms with Gasteiger partial charge >= 0.3 is 6.09 Å². The van der Waals surface area contributed by atoms with E-state index in [-0.39, 0.29) is 0 Å². The van der Waals surface area contributed by atoms with Crippen molar-refractivity contribution in [2.24, 2.45) is 0 Å². The molecular formula is C3H5Cl2NO3. The van der Waals surface area contributed by atoms with Crippen molar-refractivity contribution in [1.29, 1.82) is 0 Å². The predicted molar refractivity (Wildman–Crippen MR) is 32.4 cm³/mol. The van der Waals surface area contributed by atoms with Crippen molar-refractivity contribution >= 4 is 29.3 Å². The van der Waals surface area contributed by atoms with Crippen molar-refractivity contribution in [3.63, 3.8) is 0 Å². The zero-order chi connectivity index (χ0) is 7.44. The highest BCUT2D eigenvalue weighted by molar-refractivity contribution is 6.44. The van der Waals surface area contributed by atoms with Crippen LogP contribution in [0.15, 0.2) is 0 Å². The highest BCUT2D eigenvalue weighted by atomic mass is 35.5. The average molecular weight is 174 g/mol. The number of aliphatic hydroxyl groups excluding tert-OH is 1. The topological polar surface area (TPSA) is 60.8 Å². The van der Waals surface area contributed by atoms with Gasteiger partial charge in [0.05, 0.1) is 0 Å².